The summed E-state index contributed by atoms with van der Waals surface area (Å²) in [5.74, 6) is 0.337. The van der Waals surface area contributed by atoms with Gasteiger partial charge in [-0.1, -0.05) is 47.6 Å². The first-order valence-electron chi connectivity index (χ1n) is 8.91. The van der Waals surface area contributed by atoms with Crippen LogP contribution in [0.1, 0.15) is 76.5 Å². The van der Waals surface area contributed by atoms with Crippen molar-refractivity contribution in [3.63, 3.8) is 0 Å². The summed E-state index contributed by atoms with van der Waals surface area (Å²) < 4.78 is 1.93. The van der Waals surface area contributed by atoms with Gasteiger partial charge in [-0.3, -0.25) is 0 Å². The first-order chi connectivity index (χ1) is 11.3. The zero-order valence-electron chi connectivity index (χ0n) is 17.2. The summed E-state index contributed by atoms with van der Waals surface area (Å²) in [5.41, 5.74) is 5.83. The van der Waals surface area contributed by atoms with Gasteiger partial charge in [0.2, 0.25) is 0 Å². The standard InChI is InChI=1S/C22H32N2O/c1-14-10-11-15(2)24(14)23-16(3)18-12-17(21(4,5)6)13-19(20(18)25)22(7,8)9/h10-13,25H,1-9H3. The first kappa shape index (κ1) is 19.3. The minimum atomic E-state index is -0.139. The fraction of sp³-hybridized carbons (Fsp3) is 0.500. The van der Waals surface area contributed by atoms with Crippen molar-refractivity contribution < 1.29 is 5.11 Å². The molecule has 25 heavy (non-hydrogen) atoms. The van der Waals surface area contributed by atoms with Crippen molar-refractivity contribution >= 4 is 5.71 Å². The number of benzene rings is 1. The number of aromatic hydroxyl groups is 1. The van der Waals surface area contributed by atoms with Crippen molar-refractivity contribution in [2.75, 3.05) is 0 Å². The summed E-state index contributed by atoms with van der Waals surface area (Å²) in [6.07, 6.45) is 0. The van der Waals surface area contributed by atoms with Crippen molar-refractivity contribution in [3.8, 4) is 5.75 Å². The third kappa shape index (κ3) is 3.97. The Morgan fingerprint density at radius 2 is 1.44 bits per heavy atom. The van der Waals surface area contributed by atoms with E-state index in [-0.39, 0.29) is 10.8 Å². The van der Waals surface area contributed by atoms with Crippen LogP contribution in [0.15, 0.2) is 29.4 Å². The summed E-state index contributed by atoms with van der Waals surface area (Å²) >= 11 is 0. The fourth-order valence-electron chi connectivity index (χ4n) is 2.94. The van der Waals surface area contributed by atoms with Crippen LogP contribution >= 0.6 is 0 Å². The fourth-order valence-corrected chi connectivity index (χ4v) is 2.94. The van der Waals surface area contributed by atoms with Crippen molar-refractivity contribution in [1.82, 2.24) is 4.68 Å². The predicted octanol–water partition coefficient (Wildman–Crippen LogP) is 5.68. The number of nitrogens with zero attached hydrogens (tertiary/aromatic N) is 2. The summed E-state index contributed by atoms with van der Waals surface area (Å²) in [5, 5.41) is 15.7. The first-order valence-corrected chi connectivity index (χ1v) is 8.91. The second-order valence-electron chi connectivity index (χ2n) is 9.03. The second kappa shape index (κ2) is 6.36. The van der Waals surface area contributed by atoms with E-state index in [9.17, 15) is 5.11 Å². The van der Waals surface area contributed by atoms with Crippen molar-refractivity contribution in [1.29, 1.82) is 0 Å². The molecule has 0 radical (unpaired) electrons. The van der Waals surface area contributed by atoms with E-state index in [0.29, 0.717) is 5.75 Å². The van der Waals surface area contributed by atoms with Gasteiger partial charge in [0.05, 0.1) is 5.71 Å². The maximum absolute atomic E-state index is 11.0. The quantitative estimate of drug-likeness (QED) is 0.702. The zero-order valence-corrected chi connectivity index (χ0v) is 17.2. The summed E-state index contributed by atoms with van der Waals surface area (Å²) in [7, 11) is 0. The summed E-state index contributed by atoms with van der Waals surface area (Å²) in [6.45, 7) is 19.0. The molecule has 0 spiro atoms. The molecule has 0 aliphatic carbocycles. The molecule has 0 aliphatic rings. The van der Waals surface area contributed by atoms with Crippen LogP contribution in [0.25, 0.3) is 0 Å². The highest BCUT2D eigenvalue weighted by Gasteiger charge is 2.25. The van der Waals surface area contributed by atoms with Crippen LogP contribution in [0, 0.1) is 13.8 Å². The maximum atomic E-state index is 11.0. The summed E-state index contributed by atoms with van der Waals surface area (Å²) in [6, 6.07) is 8.33. The number of phenolic OH excluding ortho intramolecular Hbond substituents is 1. The van der Waals surface area contributed by atoms with Crippen LogP contribution in [-0.4, -0.2) is 15.5 Å². The molecule has 1 heterocycles. The van der Waals surface area contributed by atoms with E-state index in [4.69, 9.17) is 5.10 Å². The molecule has 0 unspecified atom stereocenters. The molecule has 0 amide bonds. The van der Waals surface area contributed by atoms with Gasteiger partial charge in [0.1, 0.15) is 5.75 Å². The van der Waals surface area contributed by atoms with Crippen LogP contribution < -0.4 is 0 Å². The van der Waals surface area contributed by atoms with Crippen LogP contribution in [-0.2, 0) is 10.8 Å². The third-order valence-electron chi connectivity index (χ3n) is 4.66. The molecule has 0 saturated heterocycles. The lowest BCUT2D eigenvalue weighted by Crippen LogP contribution is -2.18. The molecule has 1 aromatic carbocycles. The molecule has 3 heteroatoms. The van der Waals surface area contributed by atoms with Crippen LogP contribution in [0.2, 0.25) is 0 Å². The molecule has 3 nitrogen and oxygen atoms in total. The molecule has 0 bridgehead atoms. The Balaban J connectivity index is 2.72. The van der Waals surface area contributed by atoms with Gasteiger partial charge in [-0.15, -0.1) is 0 Å². The maximum Gasteiger partial charge on any atom is 0.128 e. The Morgan fingerprint density at radius 1 is 0.920 bits per heavy atom. The molecule has 0 saturated carbocycles. The number of aromatic nitrogens is 1. The molecule has 2 rings (SSSR count). The van der Waals surface area contributed by atoms with E-state index >= 15 is 0 Å². The molecule has 0 aliphatic heterocycles. The highest BCUT2D eigenvalue weighted by atomic mass is 16.3. The lowest BCUT2D eigenvalue weighted by atomic mass is 9.78. The van der Waals surface area contributed by atoms with E-state index in [1.54, 1.807) is 0 Å². The number of rotatable bonds is 2. The van der Waals surface area contributed by atoms with Crippen molar-refractivity contribution in [2.24, 2.45) is 5.10 Å². The monoisotopic (exact) mass is 340 g/mol. The molecule has 2 aromatic rings. The lowest BCUT2D eigenvalue weighted by Gasteiger charge is -2.27. The van der Waals surface area contributed by atoms with Gasteiger partial charge in [-0.25, -0.2) is 4.68 Å². The molecule has 1 aromatic heterocycles. The topological polar surface area (TPSA) is 37.5 Å². The Morgan fingerprint density at radius 3 is 1.88 bits per heavy atom. The number of phenols is 1. The van der Waals surface area contributed by atoms with Gasteiger partial charge in [-0.05, 0) is 55.4 Å². The van der Waals surface area contributed by atoms with E-state index in [1.165, 1.54) is 5.56 Å². The van der Waals surface area contributed by atoms with Crippen molar-refractivity contribution in [3.05, 3.63) is 52.3 Å². The normalized spacial score (nSPS) is 13.4. The van der Waals surface area contributed by atoms with Gasteiger partial charge in [-0.2, -0.15) is 5.10 Å². The average Bonchev–Trinajstić information content (AvgIpc) is 2.76. The van der Waals surface area contributed by atoms with Crippen LogP contribution in [0.4, 0.5) is 0 Å². The Bertz CT molecular complexity index is 792. The minimum Gasteiger partial charge on any atom is -0.507 e. The molecular weight excluding hydrogens is 308 g/mol. The van der Waals surface area contributed by atoms with Gasteiger partial charge in [0.25, 0.3) is 0 Å². The highest BCUT2D eigenvalue weighted by molar-refractivity contribution is 6.01. The Kier molecular flexibility index (Phi) is 4.91. The Hall–Kier alpha value is -2.03. The van der Waals surface area contributed by atoms with Crippen LogP contribution in [0.3, 0.4) is 0 Å². The van der Waals surface area contributed by atoms with E-state index in [2.05, 4.69) is 65.8 Å². The SMILES string of the molecule is CC(=Nn1c(C)ccc1C)c1cc(C(C)(C)C)cc(C(C)(C)C)c1O. The predicted molar refractivity (Wildman–Crippen MR) is 107 cm³/mol. The number of aryl methyl sites for hydroxylation is 2. The third-order valence-corrected chi connectivity index (χ3v) is 4.66. The number of hydrogen-bond donors (Lipinski definition) is 1. The van der Waals surface area contributed by atoms with E-state index < -0.39 is 0 Å². The van der Waals surface area contributed by atoms with E-state index in [0.717, 1.165) is 28.2 Å². The van der Waals surface area contributed by atoms with Gasteiger partial charge >= 0.3 is 0 Å². The molecule has 0 fully saturated rings. The van der Waals surface area contributed by atoms with Crippen molar-refractivity contribution in [2.45, 2.75) is 73.1 Å². The lowest BCUT2D eigenvalue weighted by molar-refractivity contribution is 0.443. The molecule has 1 N–H and O–H groups in total. The molecular formula is C22H32N2O. The van der Waals surface area contributed by atoms with Gasteiger partial charge < -0.3 is 5.11 Å². The van der Waals surface area contributed by atoms with Crippen LogP contribution in [0.5, 0.6) is 5.75 Å². The minimum absolute atomic E-state index is 0.00200. The Labute approximate surface area is 152 Å². The largest absolute Gasteiger partial charge is 0.507 e. The van der Waals surface area contributed by atoms with Gasteiger partial charge in [0, 0.05) is 22.5 Å². The number of hydrogen-bond acceptors (Lipinski definition) is 2. The molecule has 0 atom stereocenters. The van der Waals surface area contributed by atoms with Gasteiger partial charge in [0.15, 0.2) is 0 Å². The summed E-state index contributed by atoms with van der Waals surface area (Å²) in [4.78, 5) is 0. The average molecular weight is 341 g/mol. The smallest absolute Gasteiger partial charge is 0.128 e. The van der Waals surface area contributed by atoms with E-state index in [1.807, 2.05) is 25.4 Å². The molecule has 136 valence electrons. The highest BCUT2D eigenvalue weighted by Crippen LogP contribution is 2.38. The second-order valence-corrected chi connectivity index (χ2v) is 9.03. The zero-order chi connectivity index (χ0) is 19.2.